The van der Waals surface area contributed by atoms with Gasteiger partial charge in [-0.3, -0.25) is 9.59 Å². The summed E-state index contributed by atoms with van der Waals surface area (Å²) in [6.45, 7) is 0. The van der Waals surface area contributed by atoms with E-state index in [-0.39, 0.29) is 11.5 Å². The van der Waals surface area contributed by atoms with Crippen molar-refractivity contribution >= 4 is 45.1 Å². The van der Waals surface area contributed by atoms with Crippen molar-refractivity contribution in [1.29, 1.82) is 0 Å². The number of carbonyl (C=O) groups excluding carboxylic acids is 2. The van der Waals surface area contributed by atoms with E-state index in [1.165, 1.54) is 17.4 Å². The molecule has 3 aromatic rings. The molecule has 1 heterocycles. The summed E-state index contributed by atoms with van der Waals surface area (Å²) in [5.41, 5.74) is 6.84. The molecule has 0 unspecified atom stereocenters. The first-order valence-corrected chi connectivity index (χ1v) is 7.68. The molecule has 0 radical (unpaired) electrons. The van der Waals surface area contributed by atoms with E-state index < -0.39 is 5.91 Å². The maximum absolute atomic E-state index is 12.0. The van der Waals surface area contributed by atoms with Crippen LogP contribution in [-0.2, 0) is 4.79 Å². The molecule has 23 heavy (non-hydrogen) atoms. The monoisotopic (exact) mass is 323 g/mol. The molecule has 0 aliphatic carbocycles. The van der Waals surface area contributed by atoms with Gasteiger partial charge in [-0.15, -0.1) is 11.3 Å². The second-order valence-electron chi connectivity index (χ2n) is 4.75. The molecular formula is C17H13N3O2S. The average Bonchev–Trinajstić information content (AvgIpc) is 2.96. The molecule has 0 fully saturated rings. The molecule has 0 spiro atoms. The van der Waals surface area contributed by atoms with Crippen LogP contribution in [0.1, 0.15) is 15.4 Å². The number of amides is 2. The number of anilines is 1. The highest BCUT2D eigenvalue weighted by molar-refractivity contribution is 7.19. The average molecular weight is 323 g/mol. The van der Waals surface area contributed by atoms with Gasteiger partial charge in [0.2, 0.25) is 5.91 Å². The number of primary amides is 1. The fourth-order valence-corrected chi connectivity index (χ4v) is 2.96. The zero-order valence-corrected chi connectivity index (χ0v) is 12.8. The number of aromatic nitrogens is 1. The molecule has 6 heteroatoms. The van der Waals surface area contributed by atoms with E-state index in [0.717, 1.165) is 15.2 Å². The van der Waals surface area contributed by atoms with Crippen molar-refractivity contribution in [1.82, 2.24) is 4.98 Å². The van der Waals surface area contributed by atoms with Gasteiger partial charge in [0.05, 0.1) is 21.5 Å². The third kappa shape index (κ3) is 3.44. The minimum Gasteiger partial charge on any atom is -0.366 e. The quantitative estimate of drug-likeness (QED) is 0.724. The minimum absolute atomic E-state index is 0.272. The van der Waals surface area contributed by atoms with Gasteiger partial charge >= 0.3 is 0 Å². The van der Waals surface area contributed by atoms with E-state index in [1.807, 2.05) is 24.3 Å². The Morgan fingerprint density at radius 3 is 2.61 bits per heavy atom. The number of thiazole rings is 1. The van der Waals surface area contributed by atoms with Gasteiger partial charge in [0.1, 0.15) is 5.01 Å². The number of nitrogens with zero attached hydrogens (tertiary/aromatic N) is 1. The van der Waals surface area contributed by atoms with Crippen molar-refractivity contribution in [3.63, 3.8) is 0 Å². The normalized spacial score (nSPS) is 11.0. The predicted octanol–water partition coefficient (Wildman–Crippen LogP) is 3.05. The smallest absolute Gasteiger partial charge is 0.250 e. The van der Waals surface area contributed by atoms with Crippen LogP contribution in [-0.4, -0.2) is 16.8 Å². The molecule has 0 saturated carbocycles. The van der Waals surface area contributed by atoms with Crippen LogP contribution in [0.5, 0.6) is 0 Å². The lowest BCUT2D eigenvalue weighted by molar-refractivity contribution is -0.111. The standard InChI is InChI=1S/C17H13N3O2S/c18-17(22)11-5-1-2-6-12(11)19-15(21)9-10-16-20-13-7-3-4-8-14(13)23-16/h1-10H,(H2,18,22)(H,19,21)/b10-9+. The van der Waals surface area contributed by atoms with Gasteiger partial charge in [0.15, 0.2) is 0 Å². The molecule has 0 bridgehead atoms. The van der Waals surface area contributed by atoms with Gasteiger partial charge in [-0.05, 0) is 30.3 Å². The number of nitrogens with one attached hydrogen (secondary N) is 1. The Bertz CT molecular complexity index is 882. The van der Waals surface area contributed by atoms with Gasteiger partial charge in [-0.25, -0.2) is 4.98 Å². The highest BCUT2D eigenvalue weighted by Gasteiger charge is 2.08. The van der Waals surface area contributed by atoms with Crippen molar-refractivity contribution in [2.75, 3.05) is 5.32 Å². The largest absolute Gasteiger partial charge is 0.366 e. The molecule has 5 nitrogen and oxygen atoms in total. The van der Waals surface area contributed by atoms with Gasteiger partial charge in [-0.1, -0.05) is 24.3 Å². The fourth-order valence-electron chi connectivity index (χ4n) is 2.09. The van der Waals surface area contributed by atoms with Crippen molar-refractivity contribution in [3.8, 4) is 0 Å². The first kappa shape index (κ1) is 14.9. The number of fused-ring (bicyclic) bond motifs is 1. The summed E-state index contributed by atoms with van der Waals surface area (Å²) in [4.78, 5) is 27.7. The first-order valence-electron chi connectivity index (χ1n) is 6.87. The lowest BCUT2D eigenvalue weighted by Gasteiger charge is -2.06. The van der Waals surface area contributed by atoms with Gasteiger partial charge in [0, 0.05) is 6.08 Å². The third-order valence-corrected chi connectivity index (χ3v) is 4.14. The number of rotatable bonds is 4. The third-order valence-electron chi connectivity index (χ3n) is 3.14. The van der Waals surface area contributed by atoms with E-state index in [4.69, 9.17) is 5.73 Å². The number of benzene rings is 2. The maximum atomic E-state index is 12.0. The Balaban J connectivity index is 1.75. The molecule has 2 amide bonds. The topological polar surface area (TPSA) is 85.1 Å². The van der Waals surface area contributed by atoms with E-state index in [1.54, 1.807) is 30.3 Å². The Morgan fingerprint density at radius 2 is 1.83 bits per heavy atom. The predicted molar refractivity (Wildman–Crippen MR) is 92.2 cm³/mol. The Labute approximate surface area is 136 Å². The summed E-state index contributed by atoms with van der Waals surface area (Å²) in [6, 6.07) is 14.4. The second kappa shape index (κ2) is 6.41. The van der Waals surface area contributed by atoms with Gasteiger partial charge < -0.3 is 11.1 Å². The van der Waals surface area contributed by atoms with Crippen LogP contribution >= 0.6 is 11.3 Å². The highest BCUT2D eigenvalue weighted by Crippen LogP contribution is 2.22. The summed E-state index contributed by atoms with van der Waals surface area (Å²) in [5, 5.41) is 3.39. The highest BCUT2D eigenvalue weighted by atomic mass is 32.1. The van der Waals surface area contributed by atoms with Crippen LogP contribution in [0.3, 0.4) is 0 Å². The lowest BCUT2D eigenvalue weighted by atomic mass is 10.1. The van der Waals surface area contributed by atoms with Crippen LogP contribution < -0.4 is 11.1 Å². The summed E-state index contributed by atoms with van der Waals surface area (Å²) >= 11 is 1.50. The summed E-state index contributed by atoms with van der Waals surface area (Å²) < 4.78 is 1.06. The maximum Gasteiger partial charge on any atom is 0.250 e. The van der Waals surface area contributed by atoms with Crippen molar-refractivity contribution in [2.45, 2.75) is 0 Å². The molecular weight excluding hydrogens is 310 g/mol. The molecule has 2 aromatic carbocycles. The lowest BCUT2D eigenvalue weighted by Crippen LogP contribution is -2.16. The summed E-state index contributed by atoms with van der Waals surface area (Å²) in [5.74, 6) is -0.936. The van der Waals surface area contributed by atoms with E-state index in [9.17, 15) is 9.59 Å². The zero-order valence-electron chi connectivity index (χ0n) is 12.0. The van der Waals surface area contributed by atoms with Crippen LogP contribution in [0, 0.1) is 0 Å². The molecule has 3 N–H and O–H groups in total. The van der Waals surface area contributed by atoms with Crippen LogP contribution in [0.4, 0.5) is 5.69 Å². The number of hydrogen-bond donors (Lipinski definition) is 2. The number of nitrogens with two attached hydrogens (primary N) is 1. The molecule has 3 rings (SSSR count). The second-order valence-corrected chi connectivity index (χ2v) is 5.81. The van der Waals surface area contributed by atoms with Crippen LogP contribution in [0.15, 0.2) is 54.6 Å². The summed E-state index contributed by atoms with van der Waals surface area (Å²) in [7, 11) is 0. The summed E-state index contributed by atoms with van der Waals surface area (Å²) in [6.07, 6.45) is 3.03. The molecule has 114 valence electrons. The van der Waals surface area contributed by atoms with E-state index >= 15 is 0 Å². The molecule has 0 atom stereocenters. The van der Waals surface area contributed by atoms with Gasteiger partial charge in [0.25, 0.3) is 5.91 Å². The SMILES string of the molecule is NC(=O)c1ccccc1NC(=O)/C=C/c1nc2ccccc2s1. The Kier molecular flexibility index (Phi) is 4.16. The van der Waals surface area contributed by atoms with Gasteiger partial charge in [-0.2, -0.15) is 0 Å². The van der Waals surface area contributed by atoms with E-state index in [2.05, 4.69) is 10.3 Å². The zero-order chi connectivity index (χ0) is 16.2. The molecule has 0 aliphatic heterocycles. The first-order chi connectivity index (χ1) is 11.1. The fraction of sp³-hybridized carbons (Fsp3) is 0. The number of carbonyl (C=O) groups is 2. The van der Waals surface area contributed by atoms with Crippen LogP contribution in [0.2, 0.25) is 0 Å². The van der Waals surface area contributed by atoms with Crippen molar-refractivity contribution in [2.24, 2.45) is 5.73 Å². The Hall–Kier alpha value is -2.99. The van der Waals surface area contributed by atoms with Crippen molar-refractivity contribution < 1.29 is 9.59 Å². The minimum atomic E-state index is -0.587. The molecule has 0 aliphatic rings. The number of hydrogen-bond acceptors (Lipinski definition) is 4. The van der Waals surface area contributed by atoms with E-state index in [0.29, 0.717) is 5.69 Å². The molecule has 0 saturated heterocycles. The Morgan fingerprint density at radius 1 is 1.09 bits per heavy atom. The molecule has 1 aromatic heterocycles. The van der Waals surface area contributed by atoms with Crippen molar-refractivity contribution in [3.05, 3.63) is 65.2 Å². The van der Waals surface area contributed by atoms with Crippen LogP contribution in [0.25, 0.3) is 16.3 Å². The number of para-hydroxylation sites is 2.